The van der Waals surface area contributed by atoms with Gasteiger partial charge in [-0.2, -0.15) is 0 Å². The van der Waals surface area contributed by atoms with Crippen molar-refractivity contribution in [1.29, 1.82) is 0 Å². The van der Waals surface area contributed by atoms with Gasteiger partial charge in [0.25, 0.3) is 0 Å². The summed E-state index contributed by atoms with van der Waals surface area (Å²) in [5, 5.41) is 13.2. The van der Waals surface area contributed by atoms with Crippen molar-refractivity contribution in [3.05, 3.63) is 40.8 Å². The van der Waals surface area contributed by atoms with Crippen molar-refractivity contribution >= 4 is 28.2 Å². The Morgan fingerprint density at radius 2 is 1.96 bits per heavy atom. The first-order valence-corrected chi connectivity index (χ1v) is 8.12. The predicted molar refractivity (Wildman–Crippen MR) is 90.6 cm³/mol. The van der Waals surface area contributed by atoms with Crippen LogP contribution in [-0.4, -0.2) is 23.6 Å². The number of rotatable bonds is 5. The number of hydrogen-bond donors (Lipinski definition) is 2. The third kappa shape index (κ3) is 3.78. The molecule has 23 heavy (non-hydrogen) atoms. The molecule has 1 heterocycles. The summed E-state index contributed by atoms with van der Waals surface area (Å²) in [6.07, 6.45) is -0.772. The lowest BCUT2D eigenvalue weighted by atomic mass is 9.99. The predicted octanol–water partition coefficient (Wildman–Crippen LogP) is 3.60. The highest BCUT2D eigenvalue weighted by molar-refractivity contribution is 7.17. The Kier molecular flexibility index (Phi) is 5.52. The van der Waals surface area contributed by atoms with Gasteiger partial charge in [-0.1, -0.05) is 30.3 Å². The number of ether oxygens (including phenoxy) is 1. The maximum Gasteiger partial charge on any atom is 0.341 e. The molecule has 0 bridgehead atoms. The molecule has 1 amide bonds. The van der Waals surface area contributed by atoms with Gasteiger partial charge in [0.15, 0.2) is 0 Å². The number of benzene rings is 1. The largest absolute Gasteiger partial charge is 0.462 e. The minimum absolute atomic E-state index is 0.229. The molecule has 1 aromatic carbocycles. The smallest absolute Gasteiger partial charge is 0.341 e. The number of aliphatic hydroxyl groups is 1. The molecule has 122 valence electrons. The highest BCUT2D eigenvalue weighted by Gasteiger charge is 2.28. The summed E-state index contributed by atoms with van der Waals surface area (Å²) in [4.78, 5) is 24.5. The fraction of sp³-hybridized carbons (Fsp3) is 0.294. The van der Waals surface area contributed by atoms with Crippen LogP contribution < -0.4 is 5.32 Å². The van der Waals surface area contributed by atoms with Crippen LogP contribution in [0.4, 0.5) is 5.00 Å². The third-order valence-electron chi connectivity index (χ3n) is 3.15. The molecule has 2 aromatic rings. The van der Waals surface area contributed by atoms with E-state index in [0.717, 1.165) is 5.56 Å². The normalized spacial score (nSPS) is 11.8. The van der Waals surface area contributed by atoms with Crippen molar-refractivity contribution in [3.8, 4) is 11.1 Å². The molecule has 0 radical (unpaired) electrons. The molecule has 0 fully saturated rings. The van der Waals surface area contributed by atoms with Crippen LogP contribution in [0.2, 0.25) is 0 Å². The Hall–Kier alpha value is -2.18. The standard InChI is InChI=1S/C17H19NO4S/c1-4-22-17(21)14-13(12-8-6-5-7-9-12)15(10(2)19)23-16(14)18-11(3)20/h5-10,19H,4H2,1-3H3,(H,18,20). The molecule has 0 aliphatic rings. The molecule has 6 heteroatoms. The number of carbonyl (C=O) groups excluding carboxylic acids is 2. The second-order valence-corrected chi connectivity index (χ2v) is 6.04. The first-order chi connectivity index (χ1) is 11.0. The summed E-state index contributed by atoms with van der Waals surface area (Å²) >= 11 is 1.19. The maximum atomic E-state index is 12.4. The first kappa shape index (κ1) is 17.2. The van der Waals surface area contributed by atoms with Gasteiger partial charge in [0, 0.05) is 17.4 Å². The van der Waals surface area contributed by atoms with E-state index in [1.807, 2.05) is 30.3 Å². The Morgan fingerprint density at radius 3 is 2.48 bits per heavy atom. The molecule has 5 nitrogen and oxygen atoms in total. The summed E-state index contributed by atoms with van der Waals surface area (Å²) in [5.41, 5.74) is 1.68. The van der Waals surface area contributed by atoms with Crippen LogP contribution in [-0.2, 0) is 9.53 Å². The van der Waals surface area contributed by atoms with E-state index in [0.29, 0.717) is 15.4 Å². The minimum Gasteiger partial charge on any atom is -0.462 e. The van der Waals surface area contributed by atoms with Gasteiger partial charge in [-0.25, -0.2) is 4.79 Å². The van der Waals surface area contributed by atoms with Crippen LogP contribution in [0.25, 0.3) is 11.1 Å². The van der Waals surface area contributed by atoms with E-state index in [1.165, 1.54) is 18.3 Å². The second-order valence-electron chi connectivity index (χ2n) is 4.99. The zero-order chi connectivity index (χ0) is 17.0. The second kappa shape index (κ2) is 7.39. The average Bonchev–Trinajstić information content (AvgIpc) is 2.87. The van der Waals surface area contributed by atoms with Crippen LogP contribution in [0, 0.1) is 0 Å². The van der Waals surface area contributed by atoms with Gasteiger partial charge >= 0.3 is 5.97 Å². The number of aliphatic hydroxyl groups excluding tert-OH is 1. The molecule has 2 N–H and O–H groups in total. The lowest BCUT2D eigenvalue weighted by Crippen LogP contribution is -2.11. The van der Waals surface area contributed by atoms with E-state index in [9.17, 15) is 14.7 Å². The van der Waals surface area contributed by atoms with Crippen LogP contribution >= 0.6 is 11.3 Å². The molecule has 0 aliphatic heterocycles. The summed E-state index contributed by atoms with van der Waals surface area (Å²) in [6.45, 7) is 4.95. The summed E-state index contributed by atoms with van der Waals surface area (Å²) < 4.78 is 5.14. The van der Waals surface area contributed by atoms with Crippen molar-refractivity contribution in [3.63, 3.8) is 0 Å². The van der Waals surface area contributed by atoms with Crippen molar-refractivity contribution in [1.82, 2.24) is 0 Å². The molecular weight excluding hydrogens is 314 g/mol. The van der Waals surface area contributed by atoms with Crippen LogP contribution in [0.1, 0.15) is 42.1 Å². The highest BCUT2D eigenvalue weighted by atomic mass is 32.1. The maximum absolute atomic E-state index is 12.4. The molecule has 1 atom stereocenters. The van der Waals surface area contributed by atoms with Crippen LogP contribution in [0.15, 0.2) is 30.3 Å². The van der Waals surface area contributed by atoms with Crippen molar-refractivity contribution in [2.75, 3.05) is 11.9 Å². The monoisotopic (exact) mass is 333 g/mol. The molecular formula is C17H19NO4S. The molecule has 0 saturated heterocycles. The van der Waals surface area contributed by atoms with Gasteiger partial charge in [0.1, 0.15) is 10.6 Å². The molecule has 0 saturated carbocycles. The number of hydrogen-bond acceptors (Lipinski definition) is 5. The SMILES string of the molecule is CCOC(=O)c1c(NC(C)=O)sc(C(C)O)c1-c1ccccc1. The van der Waals surface area contributed by atoms with Gasteiger partial charge in [-0.3, -0.25) is 4.79 Å². The van der Waals surface area contributed by atoms with Gasteiger partial charge in [0.2, 0.25) is 5.91 Å². The average molecular weight is 333 g/mol. The van der Waals surface area contributed by atoms with E-state index >= 15 is 0 Å². The summed E-state index contributed by atoms with van der Waals surface area (Å²) in [5.74, 6) is -0.799. The molecule has 0 spiro atoms. The number of carbonyl (C=O) groups is 2. The Labute approximate surface area is 138 Å². The highest BCUT2D eigenvalue weighted by Crippen LogP contribution is 2.43. The van der Waals surface area contributed by atoms with Crippen molar-refractivity contribution in [2.45, 2.75) is 26.9 Å². The molecule has 2 rings (SSSR count). The fourth-order valence-electron chi connectivity index (χ4n) is 2.28. The minimum atomic E-state index is -0.772. The zero-order valence-electron chi connectivity index (χ0n) is 13.3. The molecule has 1 aromatic heterocycles. The Morgan fingerprint density at radius 1 is 1.30 bits per heavy atom. The van der Waals surface area contributed by atoms with E-state index in [1.54, 1.807) is 13.8 Å². The number of thiophene rings is 1. The quantitative estimate of drug-likeness (QED) is 0.820. The summed E-state index contributed by atoms with van der Waals surface area (Å²) in [7, 11) is 0. The van der Waals surface area contributed by atoms with E-state index in [-0.39, 0.29) is 18.1 Å². The first-order valence-electron chi connectivity index (χ1n) is 7.30. The zero-order valence-corrected chi connectivity index (χ0v) is 14.1. The van der Waals surface area contributed by atoms with Crippen molar-refractivity contribution in [2.24, 2.45) is 0 Å². The van der Waals surface area contributed by atoms with E-state index < -0.39 is 12.1 Å². The molecule has 0 aliphatic carbocycles. The lowest BCUT2D eigenvalue weighted by Gasteiger charge is -2.10. The van der Waals surface area contributed by atoms with Crippen LogP contribution in [0.3, 0.4) is 0 Å². The number of esters is 1. The number of amides is 1. The van der Waals surface area contributed by atoms with Gasteiger partial charge in [-0.15, -0.1) is 11.3 Å². The Balaban J connectivity index is 2.71. The van der Waals surface area contributed by atoms with Gasteiger partial charge in [-0.05, 0) is 19.4 Å². The number of anilines is 1. The third-order valence-corrected chi connectivity index (χ3v) is 4.42. The van der Waals surface area contributed by atoms with Gasteiger partial charge < -0.3 is 15.2 Å². The van der Waals surface area contributed by atoms with Gasteiger partial charge in [0.05, 0.1) is 12.7 Å². The molecule has 1 unspecified atom stereocenters. The Bertz CT molecular complexity index is 707. The number of nitrogens with one attached hydrogen (secondary N) is 1. The van der Waals surface area contributed by atoms with E-state index in [2.05, 4.69) is 5.32 Å². The van der Waals surface area contributed by atoms with Crippen molar-refractivity contribution < 1.29 is 19.4 Å². The lowest BCUT2D eigenvalue weighted by molar-refractivity contribution is -0.114. The van der Waals surface area contributed by atoms with Crippen LogP contribution in [0.5, 0.6) is 0 Å². The fourth-order valence-corrected chi connectivity index (χ4v) is 3.47. The summed E-state index contributed by atoms with van der Waals surface area (Å²) in [6, 6.07) is 9.29. The topological polar surface area (TPSA) is 75.6 Å². The van der Waals surface area contributed by atoms with E-state index in [4.69, 9.17) is 4.74 Å².